The Kier molecular flexibility index (Phi) is 20.2. The second-order valence-electron chi connectivity index (χ2n) is 14.8. The van der Waals surface area contributed by atoms with E-state index < -0.39 is 84.9 Å². The van der Waals surface area contributed by atoms with Crippen molar-refractivity contribution < 1.29 is 44.1 Å². The highest BCUT2D eigenvalue weighted by molar-refractivity contribution is 5.92. The molecule has 0 aromatic heterocycles. The maximum Gasteiger partial charge on any atom is 0.306 e. The lowest BCUT2D eigenvalue weighted by atomic mass is 9.95. The van der Waals surface area contributed by atoms with Gasteiger partial charge in [0.25, 0.3) is 0 Å². The zero-order valence-corrected chi connectivity index (χ0v) is 30.8. The minimum Gasteiger partial charge on any atom is -0.481 e. The van der Waals surface area contributed by atoms with E-state index in [1.807, 2.05) is 41.5 Å². The van der Waals surface area contributed by atoms with Crippen molar-refractivity contribution >= 4 is 35.5 Å². The normalized spacial score (nSPS) is 16.1. The maximum atomic E-state index is 13.5. The molecule has 0 aromatic rings. The molecule has 278 valence electrons. The van der Waals surface area contributed by atoms with Crippen LogP contribution in [0, 0.1) is 29.6 Å². The maximum absolute atomic E-state index is 13.5. The van der Waals surface area contributed by atoms with Crippen LogP contribution in [0.2, 0.25) is 0 Å². The fourth-order valence-electron chi connectivity index (χ4n) is 5.16. The molecule has 14 heteroatoms. The highest BCUT2D eigenvalue weighted by Crippen LogP contribution is 2.15. The van der Waals surface area contributed by atoms with Gasteiger partial charge in [0.05, 0.1) is 37.1 Å². The third-order valence-corrected chi connectivity index (χ3v) is 7.69. The standard InChI is InChI=1S/C34H63N5O9/c1-17(2)12-23(37-33(47)31(21(9)10)39-34(48)30(20(7)8)38-27(42)14-19(5)6)25(40)15-28(43)35-22(11)32(46)36-24(13-18(3)4)26(41)16-29(44)45/h17-26,30-31,40-41H,12-16H2,1-11H3,(H,35,43)(H,36,46)(H,37,47)(H,38,42)(H,39,48)(H,44,45)/t22-,23-,24-,25-,26+,30-,31+/m0/s1. The number of hydrogen-bond acceptors (Lipinski definition) is 8. The van der Waals surface area contributed by atoms with Gasteiger partial charge in [0.1, 0.15) is 18.1 Å². The number of aliphatic hydroxyl groups excluding tert-OH is 2. The first-order valence-electron chi connectivity index (χ1n) is 17.1. The average molecular weight is 686 g/mol. The Balaban J connectivity index is 5.60. The van der Waals surface area contributed by atoms with Crippen molar-refractivity contribution in [2.45, 2.75) is 151 Å². The number of carboxylic acids is 1. The van der Waals surface area contributed by atoms with Gasteiger partial charge < -0.3 is 41.9 Å². The summed E-state index contributed by atoms with van der Waals surface area (Å²) in [7, 11) is 0. The van der Waals surface area contributed by atoms with E-state index in [1.54, 1.807) is 27.7 Å². The van der Waals surface area contributed by atoms with Gasteiger partial charge in [-0.15, -0.1) is 0 Å². The predicted octanol–water partition coefficient (Wildman–Crippen LogP) is 1.47. The number of aliphatic carboxylic acids is 1. The second kappa shape index (κ2) is 21.7. The first-order valence-corrected chi connectivity index (χ1v) is 17.1. The van der Waals surface area contributed by atoms with Crippen molar-refractivity contribution in [3.63, 3.8) is 0 Å². The van der Waals surface area contributed by atoms with Crippen LogP contribution in [-0.2, 0) is 28.8 Å². The van der Waals surface area contributed by atoms with Crippen molar-refractivity contribution in [3.8, 4) is 0 Å². The summed E-state index contributed by atoms with van der Waals surface area (Å²) in [6, 6.07) is -4.61. The van der Waals surface area contributed by atoms with Crippen LogP contribution in [0.15, 0.2) is 0 Å². The van der Waals surface area contributed by atoms with E-state index in [0.29, 0.717) is 12.8 Å². The van der Waals surface area contributed by atoms with Crippen molar-refractivity contribution in [3.05, 3.63) is 0 Å². The molecule has 0 bridgehead atoms. The largest absolute Gasteiger partial charge is 0.481 e. The topological polar surface area (TPSA) is 223 Å². The molecule has 7 atom stereocenters. The first-order chi connectivity index (χ1) is 22.0. The molecule has 0 radical (unpaired) electrons. The molecule has 0 saturated carbocycles. The van der Waals surface area contributed by atoms with Gasteiger partial charge in [-0.2, -0.15) is 0 Å². The molecular formula is C34H63N5O9. The van der Waals surface area contributed by atoms with E-state index in [-0.39, 0.29) is 41.9 Å². The zero-order chi connectivity index (χ0) is 37.5. The summed E-state index contributed by atoms with van der Waals surface area (Å²) in [5, 5.41) is 43.9. The van der Waals surface area contributed by atoms with Gasteiger partial charge >= 0.3 is 5.97 Å². The monoisotopic (exact) mass is 685 g/mol. The lowest BCUT2D eigenvalue weighted by Crippen LogP contribution is -2.59. The predicted molar refractivity (Wildman–Crippen MR) is 182 cm³/mol. The van der Waals surface area contributed by atoms with Crippen LogP contribution in [0.4, 0.5) is 0 Å². The number of rotatable bonds is 22. The Hall–Kier alpha value is -3.26. The minimum atomic E-state index is -1.33. The van der Waals surface area contributed by atoms with E-state index in [9.17, 15) is 39.0 Å². The molecule has 14 nitrogen and oxygen atoms in total. The Morgan fingerprint density at radius 3 is 1.29 bits per heavy atom. The SMILES string of the molecule is CC(C)CC(=O)N[C@H](C(=O)N[C@@H](C(=O)N[C@@H](CC(C)C)[C@@H](O)CC(=O)N[C@@H](C)C(=O)N[C@@H](CC(C)C)[C@H](O)CC(=O)O)C(C)C)C(C)C. The number of hydrogen-bond donors (Lipinski definition) is 8. The lowest BCUT2D eigenvalue weighted by molar-refractivity contribution is -0.140. The summed E-state index contributed by atoms with van der Waals surface area (Å²) in [6.07, 6.45) is -2.76. The molecule has 48 heavy (non-hydrogen) atoms. The highest BCUT2D eigenvalue weighted by atomic mass is 16.4. The number of amides is 5. The van der Waals surface area contributed by atoms with Gasteiger partial charge in [-0.3, -0.25) is 28.8 Å². The Morgan fingerprint density at radius 1 is 0.479 bits per heavy atom. The molecule has 0 aliphatic heterocycles. The van der Waals surface area contributed by atoms with Crippen molar-refractivity contribution in [2.24, 2.45) is 29.6 Å². The summed E-state index contributed by atoms with van der Waals surface area (Å²) in [5.41, 5.74) is 0. The summed E-state index contributed by atoms with van der Waals surface area (Å²) in [6.45, 7) is 19.8. The Bertz CT molecular complexity index is 1060. The zero-order valence-electron chi connectivity index (χ0n) is 30.8. The van der Waals surface area contributed by atoms with E-state index in [4.69, 9.17) is 5.11 Å². The minimum absolute atomic E-state index is 0.0152. The molecule has 8 N–H and O–H groups in total. The average Bonchev–Trinajstić information content (AvgIpc) is 2.91. The smallest absolute Gasteiger partial charge is 0.306 e. The van der Waals surface area contributed by atoms with Gasteiger partial charge in [0.2, 0.25) is 29.5 Å². The second-order valence-corrected chi connectivity index (χ2v) is 14.8. The molecule has 5 amide bonds. The fourth-order valence-corrected chi connectivity index (χ4v) is 5.16. The number of carbonyl (C=O) groups is 6. The third-order valence-electron chi connectivity index (χ3n) is 7.69. The first kappa shape index (κ1) is 44.7. The van der Waals surface area contributed by atoms with Crippen LogP contribution in [0.5, 0.6) is 0 Å². The van der Waals surface area contributed by atoms with Gasteiger partial charge in [-0.1, -0.05) is 69.2 Å². The summed E-state index contributed by atoms with van der Waals surface area (Å²) in [4.78, 5) is 75.9. The molecule has 0 aromatic carbocycles. The number of aliphatic hydroxyl groups is 2. The molecule has 0 unspecified atom stereocenters. The fraction of sp³-hybridized carbons (Fsp3) is 0.824. The van der Waals surface area contributed by atoms with Crippen LogP contribution in [0.1, 0.15) is 108 Å². The van der Waals surface area contributed by atoms with Crippen molar-refractivity contribution in [1.29, 1.82) is 0 Å². The van der Waals surface area contributed by atoms with Crippen LogP contribution < -0.4 is 26.6 Å². The molecule has 0 rings (SSSR count). The molecule has 0 fully saturated rings. The van der Waals surface area contributed by atoms with Crippen LogP contribution in [0.3, 0.4) is 0 Å². The van der Waals surface area contributed by atoms with Crippen molar-refractivity contribution in [1.82, 2.24) is 26.6 Å². The molecule has 0 saturated heterocycles. The van der Waals surface area contributed by atoms with Crippen LogP contribution in [0.25, 0.3) is 0 Å². The van der Waals surface area contributed by atoms with E-state index in [1.165, 1.54) is 6.92 Å². The van der Waals surface area contributed by atoms with Gasteiger partial charge in [0, 0.05) is 6.42 Å². The molecule has 0 aliphatic carbocycles. The third kappa shape index (κ3) is 17.8. The number of nitrogens with one attached hydrogen (secondary N) is 5. The van der Waals surface area contributed by atoms with Gasteiger partial charge in [0.15, 0.2) is 0 Å². The molecule has 0 aliphatic rings. The van der Waals surface area contributed by atoms with E-state index in [0.717, 1.165) is 0 Å². The molecule has 0 heterocycles. The highest BCUT2D eigenvalue weighted by Gasteiger charge is 2.34. The molecular weight excluding hydrogens is 622 g/mol. The summed E-state index contributed by atoms with van der Waals surface area (Å²) < 4.78 is 0. The van der Waals surface area contributed by atoms with Crippen LogP contribution >= 0.6 is 0 Å². The number of carbonyl (C=O) groups excluding carboxylic acids is 5. The van der Waals surface area contributed by atoms with Crippen LogP contribution in [-0.4, -0.2) is 93.2 Å². The van der Waals surface area contributed by atoms with Gasteiger partial charge in [-0.05, 0) is 49.4 Å². The van der Waals surface area contributed by atoms with E-state index in [2.05, 4.69) is 26.6 Å². The summed E-state index contributed by atoms with van der Waals surface area (Å²) in [5.74, 6) is -4.25. The molecule has 0 spiro atoms. The quantitative estimate of drug-likeness (QED) is 0.0825. The number of carboxylic acid groups (broad SMARTS) is 1. The Labute approximate surface area is 286 Å². The van der Waals surface area contributed by atoms with Crippen molar-refractivity contribution in [2.75, 3.05) is 0 Å². The Morgan fingerprint density at radius 2 is 0.875 bits per heavy atom. The summed E-state index contributed by atoms with van der Waals surface area (Å²) >= 11 is 0. The lowest BCUT2D eigenvalue weighted by Gasteiger charge is -2.31. The van der Waals surface area contributed by atoms with Gasteiger partial charge in [-0.25, -0.2) is 0 Å². The van der Waals surface area contributed by atoms with E-state index >= 15 is 0 Å².